The molecule has 7 heteroatoms. The molecule has 0 bridgehead atoms. The molecule has 2 aliphatic rings. The summed E-state index contributed by atoms with van der Waals surface area (Å²) in [5.41, 5.74) is 1.20. The fourth-order valence-corrected chi connectivity index (χ4v) is 4.79. The molecule has 2 aromatic rings. The molecule has 0 spiro atoms. The molecule has 1 N–H and O–H groups in total. The third-order valence-electron chi connectivity index (χ3n) is 4.62. The first-order valence-electron chi connectivity index (χ1n) is 8.61. The molecule has 1 aliphatic carbocycles. The van der Waals surface area contributed by atoms with Gasteiger partial charge in [0.05, 0.1) is 6.20 Å². The topological polar surface area (TPSA) is 52.0 Å². The van der Waals surface area contributed by atoms with Crippen molar-refractivity contribution in [2.45, 2.75) is 50.3 Å². The van der Waals surface area contributed by atoms with Crippen molar-refractivity contribution in [1.82, 2.24) is 20.1 Å². The van der Waals surface area contributed by atoms with Gasteiger partial charge in [0.2, 0.25) is 0 Å². The average Bonchev–Trinajstić information content (AvgIpc) is 2.98. The Morgan fingerprint density at radius 2 is 2.29 bits per heavy atom. The van der Waals surface area contributed by atoms with E-state index in [0.29, 0.717) is 6.04 Å². The van der Waals surface area contributed by atoms with Crippen LogP contribution in [0.4, 0.5) is 0 Å². The van der Waals surface area contributed by atoms with Crippen LogP contribution in [-0.2, 0) is 23.6 Å². The number of hydrogen-bond acceptors (Lipinski definition) is 6. The van der Waals surface area contributed by atoms with E-state index in [0.717, 1.165) is 42.8 Å². The van der Waals surface area contributed by atoms with Gasteiger partial charge in [-0.2, -0.15) is 16.9 Å². The zero-order valence-corrected chi connectivity index (χ0v) is 15.6. The van der Waals surface area contributed by atoms with E-state index in [2.05, 4.69) is 32.5 Å². The second-order valence-electron chi connectivity index (χ2n) is 6.66. The highest BCUT2D eigenvalue weighted by Crippen LogP contribution is 2.32. The highest BCUT2D eigenvalue weighted by Gasteiger charge is 2.31. The van der Waals surface area contributed by atoms with E-state index >= 15 is 0 Å². The second-order valence-corrected chi connectivity index (χ2v) is 8.73. The summed E-state index contributed by atoms with van der Waals surface area (Å²) in [6.45, 7) is 2.69. The molecule has 0 aromatic carbocycles. The Balaban J connectivity index is 1.34. The van der Waals surface area contributed by atoms with Crippen LogP contribution in [0.3, 0.4) is 0 Å². The number of nitrogens with zero attached hydrogens (tertiary/aromatic N) is 3. The van der Waals surface area contributed by atoms with E-state index < -0.39 is 0 Å². The molecule has 130 valence electrons. The van der Waals surface area contributed by atoms with Gasteiger partial charge >= 0.3 is 0 Å². The number of ether oxygens (including phenoxy) is 1. The summed E-state index contributed by atoms with van der Waals surface area (Å²) in [6, 6.07) is 0.344. The van der Waals surface area contributed by atoms with Crippen molar-refractivity contribution in [1.29, 1.82) is 0 Å². The van der Waals surface area contributed by atoms with E-state index in [1.807, 2.05) is 24.2 Å². The van der Waals surface area contributed by atoms with Gasteiger partial charge < -0.3 is 10.1 Å². The van der Waals surface area contributed by atoms with Crippen LogP contribution in [0.1, 0.15) is 40.8 Å². The third-order valence-corrected chi connectivity index (χ3v) is 6.40. The van der Waals surface area contributed by atoms with Crippen LogP contribution in [0.15, 0.2) is 18.6 Å². The number of hydrogen-bond donors (Lipinski definition) is 1. The minimum absolute atomic E-state index is 0.114. The van der Waals surface area contributed by atoms with Crippen molar-refractivity contribution in [3.63, 3.8) is 0 Å². The first-order valence-corrected chi connectivity index (χ1v) is 10.8. The zero-order valence-electron chi connectivity index (χ0n) is 14.0. The average molecular weight is 365 g/mol. The van der Waals surface area contributed by atoms with Gasteiger partial charge in [-0.25, -0.2) is 4.98 Å². The van der Waals surface area contributed by atoms with E-state index in [1.165, 1.54) is 23.3 Å². The molecule has 2 atom stereocenters. The summed E-state index contributed by atoms with van der Waals surface area (Å²) in [6.07, 6.45) is 12.1. The molecule has 24 heavy (non-hydrogen) atoms. The van der Waals surface area contributed by atoms with Gasteiger partial charge in [-0.3, -0.25) is 4.68 Å². The molecule has 0 unspecified atom stereocenters. The maximum absolute atomic E-state index is 5.98. The number of rotatable bonds is 8. The fourth-order valence-electron chi connectivity index (χ4n) is 3.18. The largest absolute Gasteiger partial charge is 0.372 e. The lowest BCUT2D eigenvalue weighted by molar-refractivity contribution is 0.0984. The molecule has 5 nitrogen and oxygen atoms in total. The van der Waals surface area contributed by atoms with Crippen LogP contribution in [0, 0.1) is 5.92 Å². The molecule has 2 aromatic heterocycles. The normalized spacial score (nSPS) is 23.9. The van der Waals surface area contributed by atoms with Crippen molar-refractivity contribution in [2.75, 3.05) is 12.9 Å². The summed E-state index contributed by atoms with van der Waals surface area (Å²) >= 11 is 3.64. The van der Waals surface area contributed by atoms with Crippen LogP contribution in [0.5, 0.6) is 0 Å². The van der Waals surface area contributed by atoms with Crippen LogP contribution < -0.4 is 5.32 Å². The maximum Gasteiger partial charge on any atom is 0.107 e. The van der Waals surface area contributed by atoms with Crippen LogP contribution >= 0.6 is 23.1 Å². The van der Waals surface area contributed by atoms with Crippen LogP contribution in [0.25, 0.3) is 0 Å². The van der Waals surface area contributed by atoms with Gasteiger partial charge in [0.1, 0.15) is 11.1 Å². The molecule has 1 saturated carbocycles. The summed E-state index contributed by atoms with van der Waals surface area (Å²) in [4.78, 5) is 5.87. The Bertz CT molecular complexity index is 667. The molecule has 3 heterocycles. The van der Waals surface area contributed by atoms with Crippen molar-refractivity contribution >= 4 is 23.1 Å². The first-order chi connectivity index (χ1) is 11.8. The molecule has 0 amide bonds. The first kappa shape index (κ1) is 16.6. The van der Waals surface area contributed by atoms with Gasteiger partial charge in [0.15, 0.2) is 0 Å². The van der Waals surface area contributed by atoms with Crippen molar-refractivity contribution < 1.29 is 4.74 Å². The minimum atomic E-state index is 0.114. The molecule has 0 radical (unpaired) electrons. The Hall–Kier alpha value is -0.890. The molecule has 1 aliphatic heterocycles. The Morgan fingerprint density at radius 1 is 1.38 bits per heavy atom. The maximum atomic E-state index is 5.98. The number of thiazole rings is 1. The van der Waals surface area contributed by atoms with Crippen molar-refractivity contribution in [3.8, 4) is 0 Å². The predicted molar refractivity (Wildman–Crippen MR) is 98.2 cm³/mol. The SMILES string of the molecule is CSCc1cnc(CN[C@@H]2CCO[C@H]2c2cnn(CC3CC3)c2)s1. The molecular formula is C17H24N4OS2. The highest BCUT2D eigenvalue weighted by molar-refractivity contribution is 7.97. The van der Waals surface area contributed by atoms with Crippen molar-refractivity contribution in [2.24, 2.45) is 5.92 Å². The summed E-state index contributed by atoms with van der Waals surface area (Å²) in [5, 5.41) is 9.32. The third kappa shape index (κ3) is 4.02. The smallest absolute Gasteiger partial charge is 0.107 e. The lowest BCUT2D eigenvalue weighted by atomic mass is 10.1. The Morgan fingerprint density at radius 3 is 3.12 bits per heavy atom. The van der Waals surface area contributed by atoms with Gasteiger partial charge in [0.25, 0.3) is 0 Å². The zero-order chi connectivity index (χ0) is 16.4. The Labute approximate surface area is 151 Å². The summed E-state index contributed by atoms with van der Waals surface area (Å²) in [7, 11) is 0. The number of nitrogens with one attached hydrogen (secondary N) is 1. The lowest BCUT2D eigenvalue weighted by Gasteiger charge is -2.18. The number of aromatic nitrogens is 3. The lowest BCUT2D eigenvalue weighted by Crippen LogP contribution is -2.31. The molecule has 1 saturated heterocycles. The predicted octanol–water partition coefficient (Wildman–Crippen LogP) is 3.23. The van der Waals surface area contributed by atoms with E-state index in [-0.39, 0.29) is 6.10 Å². The van der Waals surface area contributed by atoms with Crippen LogP contribution in [0.2, 0.25) is 0 Å². The van der Waals surface area contributed by atoms with Crippen molar-refractivity contribution in [3.05, 3.63) is 34.0 Å². The number of thioether (sulfide) groups is 1. The van der Waals surface area contributed by atoms with E-state index in [9.17, 15) is 0 Å². The standard InChI is InChI=1S/C17H24N4OS2/c1-23-11-14-7-19-16(24-14)8-18-15-4-5-22-17(15)13-6-20-21(10-13)9-12-2-3-12/h6-7,10,12,15,17-18H,2-5,8-9,11H2,1H3/t15-,17+/m1/s1. The molecule has 2 fully saturated rings. The summed E-state index contributed by atoms with van der Waals surface area (Å²) in [5.74, 6) is 1.89. The van der Waals surface area contributed by atoms with E-state index in [4.69, 9.17) is 4.74 Å². The quantitative estimate of drug-likeness (QED) is 0.779. The van der Waals surface area contributed by atoms with Gasteiger partial charge in [0, 0.05) is 54.3 Å². The van der Waals surface area contributed by atoms with Gasteiger partial charge in [-0.1, -0.05) is 0 Å². The second kappa shape index (κ2) is 7.56. The summed E-state index contributed by atoms with van der Waals surface area (Å²) < 4.78 is 8.07. The highest BCUT2D eigenvalue weighted by atomic mass is 32.2. The molecule has 4 rings (SSSR count). The minimum Gasteiger partial charge on any atom is -0.372 e. The van der Waals surface area contributed by atoms with Crippen LogP contribution in [-0.4, -0.2) is 33.7 Å². The van der Waals surface area contributed by atoms with Gasteiger partial charge in [-0.15, -0.1) is 11.3 Å². The fraction of sp³-hybridized carbons (Fsp3) is 0.647. The Kier molecular flexibility index (Phi) is 5.22. The van der Waals surface area contributed by atoms with Gasteiger partial charge in [-0.05, 0) is 31.4 Å². The van der Waals surface area contributed by atoms with E-state index in [1.54, 1.807) is 11.3 Å². The molecular weight excluding hydrogens is 340 g/mol. The monoisotopic (exact) mass is 364 g/mol.